The Bertz CT molecular complexity index is 558. The molecule has 2 aromatic rings. The Hall–Kier alpha value is -2.22. The molecule has 1 atom stereocenters. The van der Waals surface area contributed by atoms with Crippen LogP contribution in [0.25, 0.3) is 0 Å². The zero-order valence-corrected chi connectivity index (χ0v) is 11.0. The van der Waals surface area contributed by atoms with Gasteiger partial charge in [0.1, 0.15) is 0 Å². The van der Waals surface area contributed by atoms with E-state index >= 15 is 0 Å². The second-order valence-corrected chi connectivity index (χ2v) is 4.63. The standard InChI is InChI=1S/C12H16N6O2/c19-11(14-6-8-18-7-2-5-15-18)10-16-12(20-17-10)9-3-1-4-13-9/h2,5,7,9,13H,1,3-4,6,8H2,(H,14,19). The van der Waals surface area contributed by atoms with Crippen molar-refractivity contribution in [2.75, 3.05) is 13.1 Å². The van der Waals surface area contributed by atoms with Gasteiger partial charge in [-0.3, -0.25) is 9.48 Å². The first-order chi connectivity index (χ1) is 9.83. The van der Waals surface area contributed by atoms with Crippen LogP contribution in [-0.2, 0) is 6.54 Å². The number of carbonyl (C=O) groups is 1. The average Bonchev–Trinajstić information content (AvgIpc) is 3.20. The number of rotatable bonds is 5. The molecule has 0 aromatic carbocycles. The van der Waals surface area contributed by atoms with Gasteiger partial charge in [-0.15, -0.1) is 0 Å². The summed E-state index contributed by atoms with van der Waals surface area (Å²) in [5, 5.41) is 13.7. The Kier molecular flexibility index (Phi) is 3.73. The molecule has 2 aromatic heterocycles. The first kappa shape index (κ1) is 12.8. The highest BCUT2D eigenvalue weighted by molar-refractivity contribution is 5.90. The Balaban J connectivity index is 1.51. The highest BCUT2D eigenvalue weighted by Gasteiger charge is 2.24. The molecule has 3 heterocycles. The Morgan fingerprint density at radius 3 is 3.30 bits per heavy atom. The van der Waals surface area contributed by atoms with Gasteiger partial charge >= 0.3 is 0 Å². The molecule has 1 fully saturated rings. The Labute approximate surface area is 115 Å². The second-order valence-electron chi connectivity index (χ2n) is 4.63. The fraction of sp³-hybridized carbons (Fsp3) is 0.500. The van der Waals surface area contributed by atoms with Crippen molar-refractivity contribution in [3.8, 4) is 0 Å². The molecule has 1 amide bonds. The van der Waals surface area contributed by atoms with Crippen molar-refractivity contribution in [1.82, 2.24) is 30.6 Å². The topological polar surface area (TPSA) is 97.9 Å². The van der Waals surface area contributed by atoms with Crippen LogP contribution in [0.5, 0.6) is 0 Å². The molecule has 0 bridgehead atoms. The molecule has 3 rings (SSSR count). The molecule has 0 aliphatic carbocycles. The van der Waals surface area contributed by atoms with Crippen molar-refractivity contribution in [2.45, 2.75) is 25.4 Å². The van der Waals surface area contributed by atoms with Crippen molar-refractivity contribution in [3.05, 3.63) is 30.2 Å². The normalized spacial score (nSPS) is 18.3. The molecule has 8 nitrogen and oxygen atoms in total. The SMILES string of the molecule is O=C(NCCn1cccn1)c1noc(C2CCCN2)n1. The molecule has 0 spiro atoms. The lowest BCUT2D eigenvalue weighted by Gasteiger charge is -2.02. The van der Waals surface area contributed by atoms with E-state index < -0.39 is 0 Å². The molecule has 8 heteroatoms. The summed E-state index contributed by atoms with van der Waals surface area (Å²) in [6.07, 6.45) is 5.58. The van der Waals surface area contributed by atoms with Crippen LogP contribution in [0.2, 0.25) is 0 Å². The number of carbonyl (C=O) groups excluding carboxylic acids is 1. The van der Waals surface area contributed by atoms with Gasteiger partial charge in [0.25, 0.3) is 11.7 Å². The van der Waals surface area contributed by atoms with Crippen LogP contribution < -0.4 is 10.6 Å². The molecule has 106 valence electrons. The van der Waals surface area contributed by atoms with E-state index in [1.54, 1.807) is 10.9 Å². The number of nitrogens with zero attached hydrogens (tertiary/aromatic N) is 4. The first-order valence-electron chi connectivity index (χ1n) is 6.65. The lowest BCUT2D eigenvalue weighted by Crippen LogP contribution is -2.28. The van der Waals surface area contributed by atoms with Crippen molar-refractivity contribution >= 4 is 5.91 Å². The third-order valence-corrected chi connectivity index (χ3v) is 3.19. The second kappa shape index (κ2) is 5.83. The van der Waals surface area contributed by atoms with E-state index in [-0.39, 0.29) is 17.8 Å². The number of amides is 1. The smallest absolute Gasteiger partial charge is 0.292 e. The minimum absolute atomic E-state index is 0.0770. The first-order valence-corrected chi connectivity index (χ1v) is 6.65. The monoisotopic (exact) mass is 276 g/mol. The molecule has 1 unspecified atom stereocenters. The van der Waals surface area contributed by atoms with E-state index in [9.17, 15) is 4.79 Å². The van der Waals surface area contributed by atoms with E-state index in [2.05, 4.69) is 25.9 Å². The summed E-state index contributed by atoms with van der Waals surface area (Å²) in [4.78, 5) is 16.0. The van der Waals surface area contributed by atoms with Crippen molar-refractivity contribution in [3.63, 3.8) is 0 Å². The third kappa shape index (κ3) is 2.85. The van der Waals surface area contributed by atoms with Gasteiger partial charge in [-0.05, 0) is 25.5 Å². The summed E-state index contributed by atoms with van der Waals surface area (Å²) >= 11 is 0. The summed E-state index contributed by atoms with van der Waals surface area (Å²) in [6, 6.07) is 1.91. The van der Waals surface area contributed by atoms with Crippen molar-refractivity contribution in [2.24, 2.45) is 0 Å². The molecular weight excluding hydrogens is 260 g/mol. The van der Waals surface area contributed by atoms with E-state index in [1.807, 2.05) is 12.3 Å². The average molecular weight is 276 g/mol. The van der Waals surface area contributed by atoms with E-state index in [0.717, 1.165) is 19.4 Å². The lowest BCUT2D eigenvalue weighted by atomic mass is 10.2. The van der Waals surface area contributed by atoms with Gasteiger partial charge in [0.05, 0.1) is 12.6 Å². The summed E-state index contributed by atoms with van der Waals surface area (Å²) in [6.45, 7) is 2.01. The van der Waals surface area contributed by atoms with Gasteiger partial charge in [-0.25, -0.2) is 0 Å². The fourth-order valence-electron chi connectivity index (χ4n) is 2.16. The predicted molar refractivity (Wildman–Crippen MR) is 68.8 cm³/mol. The molecule has 0 radical (unpaired) electrons. The molecule has 0 saturated carbocycles. The Morgan fingerprint density at radius 1 is 1.60 bits per heavy atom. The van der Waals surface area contributed by atoms with Crippen LogP contribution in [0.15, 0.2) is 23.0 Å². The van der Waals surface area contributed by atoms with Gasteiger partial charge in [0.2, 0.25) is 5.89 Å². The quantitative estimate of drug-likeness (QED) is 0.805. The van der Waals surface area contributed by atoms with Crippen LogP contribution in [0.4, 0.5) is 0 Å². The maximum atomic E-state index is 11.9. The molecule has 1 saturated heterocycles. The predicted octanol–water partition coefficient (Wildman–Crippen LogP) is 0.121. The zero-order chi connectivity index (χ0) is 13.8. The minimum Gasteiger partial charge on any atom is -0.347 e. The number of hydrogen-bond donors (Lipinski definition) is 2. The molecule has 1 aliphatic heterocycles. The summed E-state index contributed by atoms with van der Waals surface area (Å²) < 4.78 is 6.86. The largest absolute Gasteiger partial charge is 0.347 e. The number of hydrogen-bond acceptors (Lipinski definition) is 6. The molecule has 1 aliphatic rings. The van der Waals surface area contributed by atoms with Crippen molar-refractivity contribution < 1.29 is 9.32 Å². The maximum absolute atomic E-state index is 11.9. The van der Waals surface area contributed by atoms with Crippen LogP contribution in [0.1, 0.15) is 35.4 Å². The Morgan fingerprint density at radius 2 is 2.55 bits per heavy atom. The molecular formula is C12H16N6O2. The number of aromatic nitrogens is 4. The highest BCUT2D eigenvalue weighted by Crippen LogP contribution is 2.20. The van der Waals surface area contributed by atoms with Crippen LogP contribution in [0, 0.1) is 0 Å². The van der Waals surface area contributed by atoms with Crippen LogP contribution in [0.3, 0.4) is 0 Å². The van der Waals surface area contributed by atoms with Crippen LogP contribution >= 0.6 is 0 Å². The van der Waals surface area contributed by atoms with Gasteiger partial charge < -0.3 is 15.2 Å². The van der Waals surface area contributed by atoms with Gasteiger partial charge in [-0.1, -0.05) is 5.16 Å². The zero-order valence-electron chi connectivity index (χ0n) is 11.0. The van der Waals surface area contributed by atoms with E-state index in [4.69, 9.17) is 4.52 Å². The lowest BCUT2D eigenvalue weighted by molar-refractivity contribution is 0.0938. The molecule has 20 heavy (non-hydrogen) atoms. The minimum atomic E-state index is -0.329. The summed E-state index contributed by atoms with van der Waals surface area (Å²) in [7, 11) is 0. The maximum Gasteiger partial charge on any atom is 0.292 e. The van der Waals surface area contributed by atoms with Crippen molar-refractivity contribution in [1.29, 1.82) is 0 Å². The van der Waals surface area contributed by atoms with Gasteiger partial charge in [-0.2, -0.15) is 10.1 Å². The summed E-state index contributed by atoms with van der Waals surface area (Å²) in [5.74, 6) is 0.235. The van der Waals surface area contributed by atoms with Crippen LogP contribution in [-0.4, -0.2) is 38.9 Å². The highest BCUT2D eigenvalue weighted by atomic mass is 16.5. The summed E-state index contributed by atoms with van der Waals surface area (Å²) in [5.41, 5.74) is 0. The third-order valence-electron chi connectivity index (χ3n) is 3.19. The molecule has 2 N–H and O–H groups in total. The van der Waals surface area contributed by atoms with Gasteiger partial charge in [0, 0.05) is 18.9 Å². The van der Waals surface area contributed by atoms with Gasteiger partial charge in [0.15, 0.2) is 0 Å². The van der Waals surface area contributed by atoms with E-state index in [0.29, 0.717) is 19.0 Å². The number of nitrogens with one attached hydrogen (secondary N) is 2. The fourth-order valence-corrected chi connectivity index (χ4v) is 2.16. The van der Waals surface area contributed by atoms with E-state index in [1.165, 1.54) is 0 Å².